The Hall–Kier alpha value is -5.03. The summed E-state index contributed by atoms with van der Waals surface area (Å²) < 4.78 is 12.4. The lowest BCUT2D eigenvalue weighted by atomic mass is 9.77. The topological polar surface area (TPSA) is 30.9 Å². The lowest BCUT2D eigenvalue weighted by Gasteiger charge is -2.44. The Labute approximate surface area is 338 Å². The van der Waals surface area contributed by atoms with Crippen LogP contribution in [0.2, 0.25) is 0 Å². The molecule has 0 amide bonds. The minimum Gasteiger partial charge on any atom is -0.447 e. The summed E-state index contributed by atoms with van der Waals surface area (Å²) in [5, 5.41) is 5.14. The third-order valence-electron chi connectivity index (χ3n) is 14.3. The van der Waals surface area contributed by atoms with Crippen LogP contribution in [-0.4, -0.2) is 56.8 Å². The predicted molar refractivity (Wildman–Crippen MR) is 234 cm³/mol. The smallest absolute Gasteiger partial charge is 0.319 e. The van der Waals surface area contributed by atoms with E-state index in [-0.39, 0.29) is 29.8 Å². The summed E-state index contributed by atoms with van der Waals surface area (Å²) in [7, 11) is 0. The summed E-state index contributed by atoms with van der Waals surface area (Å²) >= 11 is 0. The van der Waals surface area contributed by atoms with Gasteiger partial charge in [0, 0.05) is 36.2 Å². The van der Waals surface area contributed by atoms with Gasteiger partial charge < -0.3 is 9.64 Å². The summed E-state index contributed by atoms with van der Waals surface area (Å²) in [4.78, 5) is 8.25. The molecule has 5 nitrogen and oxygen atoms in total. The van der Waals surface area contributed by atoms with Gasteiger partial charge in [0.2, 0.25) is 0 Å². The predicted octanol–water partition coefficient (Wildman–Crippen LogP) is 11.4. The monoisotopic (exact) mass is 752 g/mol. The fourth-order valence-corrected chi connectivity index (χ4v) is 11.3. The maximum Gasteiger partial charge on any atom is 0.319 e. The highest BCUT2D eigenvalue weighted by molar-refractivity contribution is 6.16. The molecule has 4 atom stereocenters. The van der Waals surface area contributed by atoms with Crippen LogP contribution in [-0.2, 0) is 5.41 Å². The van der Waals surface area contributed by atoms with Crippen molar-refractivity contribution in [1.82, 2.24) is 4.90 Å². The number of ether oxygens (including phenoxy) is 1. The van der Waals surface area contributed by atoms with Crippen molar-refractivity contribution >= 4 is 45.4 Å². The van der Waals surface area contributed by atoms with Gasteiger partial charge in [0.15, 0.2) is 18.3 Å². The van der Waals surface area contributed by atoms with Crippen molar-refractivity contribution in [3.8, 4) is 5.75 Å². The second-order valence-electron chi connectivity index (χ2n) is 18.9. The zero-order valence-electron chi connectivity index (χ0n) is 34.1. The molecule has 0 spiro atoms. The van der Waals surface area contributed by atoms with E-state index in [1.807, 2.05) is 0 Å². The first-order valence-electron chi connectivity index (χ1n) is 21.9. The van der Waals surface area contributed by atoms with E-state index in [0.29, 0.717) is 12.1 Å². The molecule has 5 aromatic rings. The van der Waals surface area contributed by atoms with E-state index < -0.39 is 0 Å². The van der Waals surface area contributed by atoms with Crippen LogP contribution in [0.15, 0.2) is 102 Å². The van der Waals surface area contributed by atoms with Gasteiger partial charge >= 0.3 is 6.17 Å². The molecule has 2 aliphatic carbocycles. The van der Waals surface area contributed by atoms with Crippen molar-refractivity contribution in [1.29, 1.82) is 0 Å². The molecule has 0 radical (unpaired) electrons. The van der Waals surface area contributed by atoms with Gasteiger partial charge in [0.05, 0.1) is 5.57 Å². The van der Waals surface area contributed by atoms with Crippen LogP contribution in [0.25, 0.3) is 27.1 Å². The molecule has 57 heavy (non-hydrogen) atoms. The van der Waals surface area contributed by atoms with Crippen molar-refractivity contribution in [2.75, 3.05) is 0 Å². The van der Waals surface area contributed by atoms with E-state index in [0.717, 1.165) is 5.75 Å². The number of nitrogens with zero attached hydrogens (tertiary/aromatic N) is 4. The van der Waals surface area contributed by atoms with Crippen LogP contribution < -0.4 is 4.74 Å². The number of allylic oxidation sites excluding steroid dienone is 1. The molecule has 5 heteroatoms. The summed E-state index contributed by atoms with van der Waals surface area (Å²) in [6.45, 7) is 9.16. The normalized spacial score (nSPS) is 24.9. The Kier molecular flexibility index (Phi) is 8.35. The minimum absolute atomic E-state index is 0.0237. The molecule has 2 saturated carbocycles. The third kappa shape index (κ3) is 5.82. The SMILES string of the molecule is Cc1ccc2cc3c(cc2c1)OC1N=C[N+]2=C(c4c(ccc5cc(C(C)(C)C)ccc45)C4C2[N+](C2CCCCC2)=CC(c2ccccc2)=CN4C2CCCCC2)C31. The zero-order chi connectivity index (χ0) is 38.4. The van der Waals surface area contributed by atoms with E-state index in [4.69, 9.17) is 9.73 Å². The average Bonchev–Trinajstić information content (AvgIpc) is 3.49. The highest BCUT2D eigenvalue weighted by Crippen LogP contribution is 2.50. The highest BCUT2D eigenvalue weighted by Gasteiger charge is 2.58. The van der Waals surface area contributed by atoms with Crippen LogP contribution in [0.3, 0.4) is 0 Å². The molecule has 6 aliphatic rings. The van der Waals surface area contributed by atoms with Gasteiger partial charge in [0.25, 0.3) is 12.6 Å². The summed E-state index contributed by atoms with van der Waals surface area (Å²) in [5.41, 5.74) is 10.8. The molecule has 2 fully saturated rings. The summed E-state index contributed by atoms with van der Waals surface area (Å²) in [5.74, 6) is 0.950. The summed E-state index contributed by atoms with van der Waals surface area (Å²) in [6, 6.07) is 36.0. The first-order chi connectivity index (χ1) is 27.8. The number of benzene rings is 5. The number of aryl methyl sites for hydroxylation is 1. The van der Waals surface area contributed by atoms with E-state index in [1.165, 1.54) is 130 Å². The molecule has 4 aliphatic heterocycles. The Morgan fingerprint density at radius 2 is 1.51 bits per heavy atom. The Morgan fingerprint density at radius 1 is 0.737 bits per heavy atom. The Balaban J connectivity index is 1.22. The number of hydrogen-bond donors (Lipinski definition) is 0. The highest BCUT2D eigenvalue weighted by atomic mass is 16.5. The van der Waals surface area contributed by atoms with Crippen LogP contribution >= 0.6 is 0 Å². The molecule has 4 heterocycles. The van der Waals surface area contributed by atoms with Crippen molar-refractivity contribution in [2.45, 2.75) is 134 Å². The van der Waals surface area contributed by atoms with Gasteiger partial charge in [-0.15, -0.1) is 0 Å². The lowest BCUT2D eigenvalue weighted by molar-refractivity contribution is -0.758. The van der Waals surface area contributed by atoms with Gasteiger partial charge in [-0.05, 0) is 93.4 Å². The molecule has 0 aromatic heterocycles. The van der Waals surface area contributed by atoms with Crippen molar-refractivity contribution in [3.63, 3.8) is 0 Å². The second-order valence-corrected chi connectivity index (χ2v) is 18.9. The van der Waals surface area contributed by atoms with Crippen LogP contribution in [0.5, 0.6) is 5.75 Å². The van der Waals surface area contributed by atoms with Gasteiger partial charge in [-0.2, -0.15) is 9.15 Å². The van der Waals surface area contributed by atoms with E-state index in [2.05, 4.69) is 151 Å². The van der Waals surface area contributed by atoms with Crippen molar-refractivity contribution in [2.24, 2.45) is 4.99 Å². The summed E-state index contributed by atoms with van der Waals surface area (Å²) in [6.07, 6.45) is 19.8. The van der Waals surface area contributed by atoms with Gasteiger partial charge in [-0.25, -0.2) is 0 Å². The molecule has 0 saturated heterocycles. The molecular formula is C52H56N4O+2. The molecular weight excluding hydrogens is 697 g/mol. The fourth-order valence-electron chi connectivity index (χ4n) is 11.3. The first-order valence-corrected chi connectivity index (χ1v) is 21.9. The Bertz CT molecular complexity index is 2540. The van der Waals surface area contributed by atoms with E-state index in [1.54, 1.807) is 0 Å². The van der Waals surface area contributed by atoms with Gasteiger partial charge in [-0.3, -0.25) is 0 Å². The lowest BCUT2D eigenvalue weighted by Crippen LogP contribution is -2.57. The van der Waals surface area contributed by atoms with E-state index >= 15 is 0 Å². The van der Waals surface area contributed by atoms with Gasteiger partial charge in [-0.1, -0.05) is 131 Å². The average molecular weight is 753 g/mol. The maximum atomic E-state index is 6.91. The number of hydrogen-bond acceptors (Lipinski definition) is 3. The quantitative estimate of drug-likeness (QED) is 0.172. The maximum absolute atomic E-state index is 6.91. The molecule has 0 bridgehead atoms. The largest absolute Gasteiger partial charge is 0.447 e. The zero-order valence-corrected chi connectivity index (χ0v) is 34.1. The second kappa shape index (κ2) is 13.5. The molecule has 11 rings (SSSR count). The molecule has 4 unspecified atom stereocenters. The van der Waals surface area contributed by atoms with Crippen molar-refractivity contribution < 1.29 is 13.9 Å². The number of aliphatic imine (C=N–C) groups is 1. The van der Waals surface area contributed by atoms with E-state index in [9.17, 15) is 0 Å². The number of fused-ring (bicyclic) bond motifs is 12. The molecule has 288 valence electrons. The fraction of sp³-hybridized carbons (Fsp3) is 0.404. The Morgan fingerprint density at radius 3 is 2.30 bits per heavy atom. The van der Waals surface area contributed by atoms with Gasteiger partial charge in [0.1, 0.15) is 17.4 Å². The van der Waals surface area contributed by atoms with Crippen LogP contribution in [0, 0.1) is 6.92 Å². The minimum atomic E-state index is -0.303. The van der Waals surface area contributed by atoms with Crippen LogP contribution in [0.1, 0.15) is 130 Å². The van der Waals surface area contributed by atoms with Crippen LogP contribution in [0.4, 0.5) is 0 Å². The first kappa shape index (κ1) is 35.2. The number of rotatable bonds is 3. The van der Waals surface area contributed by atoms with Crippen molar-refractivity contribution in [3.05, 3.63) is 131 Å². The molecule has 0 N–H and O–H groups in total. The third-order valence-corrected chi connectivity index (χ3v) is 14.3. The molecule has 5 aromatic carbocycles. The standard InChI is InChI=1S/C52H56N4O/c1-33-20-21-35-28-44-45(29-37(35)26-33)57-50-47(44)49-46-42-25-23-39(52(2,3)4)27-36(42)22-24-43(46)48-51(56(49)32-53-50)55(41-18-12-7-13-19-41)31-38(34-14-8-5-9-15-34)30-54(48)40-16-10-6-11-17-40/h5,8-9,14-15,20-32,40-41,47-48,50-51H,6-7,10-13,16-19H2,1-4H3/q+2.